The van der Waals surface area contributed by atoms with Crippen LogP contribution >= 0.6 is 33.9 Å². The van der Waals surface area contributed by atoms with Crippen molar-refractivity contribution in [1.82, 2.24) is 0 Å². The van der Waals surface area contributed by atoms with Crippen molar-refractivity contribution in [3.8, 4) is 11.5 Å². The number of aliphatic imine (C=N–C) groups is 1. The van der Waals surface area contributed by atoms with Gasteiger partial charge in [-0.3, -0.25) is 4.79 Å². The number of thiophene rings is 1. The number of methoxy groups -OCH3 is 1. The summed E-state index contributed by atoms with van der Waals surface area (Å²) >= 11 is 3.67. The normalized spacial score (nSPS) is 15.2. The van der Waals surface area contributed by atoms with Gasteiger partial charge in [-0.05, 0) is 88.6 Å². The predicted octanol–water partition coefficient (Wildman–Crippen LogP) is 6.98. The third kappa shape index (κ3) is 6.55. The molecule has 38 heavy (non-hydrogen) atoms. The number of rotatable bonds is 8. The zero-order chi connectivity index (χ0) is 27.4. The van der Waals surface area contributed by atoms with Crippen molar-refractivity contribution in [1.29, 1.82) is 0 Å². The zero-order valence-corrected chi connectivity index (χ0v) is 24.8. The molecule has 2 aromatic carbocycles. The highest BCUT2D eigenvalue weighted by molar-refractivity contribution is 14.1. The molecule has 1 amide bonds. The van der Waals surface area contributed by atoms with Crippen molar-refractivity contribution in [2.45, 2.75) is 40.0 Å². The number of para-hydroxylation sites is 1. The number of hydrogen-bond acceptors (Lipinski definition) is 6. The van der Waals surface area contributed by atoms with E-state index in [9.17, 15) is 9.59 Å². The summed E-state index contributed by atoms with van der Waals surface area (Å²) in [5.41, 5.74) is 3.42. The number of carboxylic acids is 1. The minimum Gasteiger partial charge on any atom is -0.493 e. The number of halogens is 1. The molecule has 1 atom stereocenters. The number of hydrogen-bond donors (Lipinski definition) is 2. The molecule has 0 aliphatic heterocycles. The van der Waals surface area contributed by atoms with Crippen LogP contribution in [0, 0.1) is 14.9 Å². The van der Waals surface area contributed by atoms with E-state index in [0.29, 0.717) is 31.6 Å². The predicted molar refractivity (Wildman–Crippen MR) is 160 cm³/mol. The fraction of sp³-hybridized carbons (Fsp3) is 0.345. The molecule has 0 fully saturated rings. The molecule has 0 bridgehead atoms. The second kappa shape index (κ2) is 11.9. The van der Waals surface area contributed by atoms with E-state index in [1.165, 1.54) is 12.0 Å². The smallest absolute Gasteiger partial charge is 0.341 e. The molecule has 1 heterocycles. The molecule has 200 valence electrons. The first-order chi connectivity index (χ1) is 18.1. The monoisotopic (exact) mass is 646 g/mol. The lowest BCUT2D eigenvalue weighted by molar-refractivity contribution is -0.139. The van der Waals surface area contributed by atoms with Gasteiger partial charge in [0.25, 0.3) is 5.91 Å². The fourth-order valence-corrected chi connectivity index (χ4v) is 6.62. The molecule has 9 heteroatoms. The van der Waals surface area contributed by atoms with Gasteiger partial charge >= 0.3 is 5.97 Å². The summed E-state index contributed by atoms with van der Waals surface area (Å²) < 4.78 is 11.6. The van der Waals surface area contributed by atoms with Crippen LogP contribution in [-0.2, 0) is 17.6 Å². The maximum absolute atomic E-state index is 13.5. The average Bonchev–Trinajstić information content (AvgIpc) is 3.24. The molecule has 0 unspecified atom stereocenters. The summed E-state index contributed by atoms with van der Waals surface area (Å²) in [4.78, 5) is 30.5. The topological polar surface area (TPSA) is 97.2 Å². The van der Waals surface area contributed by atoms with Crippen molar-refractivity contribution in [2.75, 3.05) is 19.0 Å². The van der Waals surface area contributed by atoms with Gasteiger partial charge in [-0.2, -0.15) is 0 Å². The molecule has 4 rings (SSSR count). The Hall–Kier alpha value is -2.92. The first-order valence-electron chi connectivity index (χ1n) is 12.3. The standard InChI is InChI=1S/C29H31IN2O5S/c1-29(2,3)18-10-11-20-23(14-18)38-28(25(20)27(35)32-19-8-6-5-7-9-19)31-15-17-12-21(30)26(22(13-17)36-4)37-16-24(33)34/h5-9,12-13,15,18H,10-11,14,16H2,1-4H3,(H,32,35)(H,33,34)/t18-/m1/s1. The van der Waals surface area contributed by atoms with Crippen LogP contribution in [0.4, 0.5) is 10.7 Å². The first-order valence-corrected chi connectivity index (χ1v) is 14.2. The van der Waals surface area contributed by atoms with Crippen LogP contribution in [0.3, 0.4) is 0 Å². The molecular formula is C29H31IN2O5S. The second-order valence-corrected chi connectivity index (χ2v) is 12.5. The Labute approximate surface area is 240 Å². The van der Waals surface area contributed by atoms with E-state index in [2.05, 4.69) is 48.7 Å². The van der Waals surface area contributed by atoms with Gasteiger partial charge in [0.1, 0.15) is 5.00 Å². The summed E-state index contributed by atoms with van der Waals surface area (Å²) in [5, 5.41) is 12.7. The molecule has 2 N–H and O–H groups in total. The maximum atomic E-state index is 13.5. The van der Waals surface area contributed by atoms with Crippen molar-refractivity contribution in [3.05, 3.63) is 67.6 Å². The van der Waals surface area contributed by atoms with Crippen LogP contribution in [-0.4, -0.2) is 36.9 Å². The molecule has 1 aliphatic carbocycles. The van der Waals surface area contributed by atoms with E-state index in [4.69, 9.17) is 19.6 Å². The molecular weight excluding hydrogens is 615 g/mol. The minimum absolute atomic E-state index is 0.153. The number of benzene rings is 2. The number of nitrogens with zero attached hydrogens (tertiary/aromatic N) is 1. The zero-order valence-electron chi connectivity index (χ0n) is 21.8. The number of amides is 1. The van der Waals surface area contributed by atoms with Gasteiger partial charge in [-0.15, -0.1) is 11.3 Å². The molecule has 1 aromatic heterocycles. The van der Waals surface area contributed by atoms with Gasteiger partial charge in [-0.1, -0.05) is 39.0 Å². The number of fused-ring (bicyclic) bond motifs is 1. The van der Waals surface area contributed by atoms with Crippen molar-refractivity contribution in [2.24, 2.45) is 16.3 Å². The minimum atomic E-state index is -1.06. The van der Waals surface area contributed by atoms with Gasteiger partial charge in [0.2, 0.25) is 0 Å². The number of aliphatic carboxylic acids is 1. The third-order valence-corrected chi connectivity index (χ3v) is 8.62. The first kappa shape index (κ1) is 28.1. The van der Waals surface area contributed by atoms with E-state index in [-0.39, 0.29) is 11.3 Å². The number of carboxylic acid groups (broad SMARTS) is 1. The molecule has 7 nitrogen and oxygen atoms in total. The summed E-state index contributed by atoms with van der Waals surface area (Å²) in [6.07, 6.45) is 4.53. The Balaban J connectivity index is 1.69. The Morgan fingerprint density at radius 2 is 1.97 bits per heavy atom. The molecule has 0 radical (unpaired) electrons. The quantitative estimate of drug-likeness (QED) is 0.203. The van der Waals surface area contributed by atoms with E-state index in [1.807, 2.05) is 36.4 Å². The van der Waals surface area contributed by atoms with Crippen LogP contribution in [0.1, 0.15) is 53.6 Å². The number of ether oxygens (including phenoxy) is 2. The summed E-state index contributed by atoms with van der Waals surface area (Å²) in [7, 11) is 1.50. The van der Waals surface area contributed by atoms with Crippen LogP contribution in [0.5, 0.6) is 11.5 Å². The number of carbonyl (C=O) groups is 2. The fourth-order valence-electron chi connectivity index (χ4n) is 4.57. The molecule has 0 saturated carbocycles. The van der Waals surface area contributed by atoms with Crippen molar-refractivity contribution < 1.29 is 24.2 Å². The summed E-state index contributed by atoms with van der Waals surface area (Å²) in [6, 6.07) is 13.0. The molecule has 3 aromatic rings. The van der Waals surface area contributed by atoms with E-state index >= 15 is 0 Å². The largest absolute Gasteiger partial charge is 0.493 e. The lowest BCUT2D eigenvalue weighted by atomic mass is 9.72. The average molecular weight is 647 g/mol. The number of anilines is 1. The van der Waals surface area contributed by atoms with Gasteiger partial charge in [-0.25, -0.2) is 9.79 Å². The molecule has 0 spiro atoms. The SMILES string of the molecule is COc1cc(C=Nc2sc3c(c2C(=O)Nc2ccccc2)CC[C@@H](C(C)(C)C)C3)cc(I)c1OCC(=O)O. The van der Waals surface area contributed by atoms with Gasteiger partial charge in [0.05, 0.1) is 16.2 Å². The van der Waals surface area contributed by atoms with Crippen LogP contribution < -0.4 is 14.8 Å². The summed E-state index contributed by atoms with van der Waals surface area (Å²) in [6.45, 7) is 6.36. The highest BCUT2D eigenvalue weighted by Gasteiger charge is 2.33. The van der Waals surface area contributed by atoms with E-state index in [0.717, 1.165) is 36.1 Å². The van der Waals surface area contributed by atoms with Gasteiger partial charge < -0.3 is 19.9 Å². The third-order valence-electron chi connectivity index (χ3n) is 6.65. The number of nitrogens with one attached hydrogen (secondary N) is 1. The van der Waals surface area contributed by atoms with E-state index < -0.39 is 12.6 Å². The number of carbonyl (C=O) groups excluding carboxylic acids is 1. The molecule has 0 saturated heterocycles. The van der Waals surface area contributed by atoms with Crippen LogP contribution in [0.2, 0.25) is 0 Å². The maximum Gasteiger partial charge on any atom is 0.341 e. The van der Waals surface area contributed by atoms with Gasteiger partial charge in [0.15, 0.2) is 18.1 Å². The Bertz CT molecular complexity index is 1360. The highest BCUT2D eigenvalue weighted by Crippen LogP contribution is 2.45. The lowest BCUT2D eigenvalue weighted by Gasteiger charge is -2.33. The van der Waals surface area contributed by atoms with E-state index in [1.54, 1.807) is 23.6 Å². The van der Waals surface area contributed by atoms with Crippen molar-refractivity contribution >= 4 is 62.7 Å². The Kier molecular flexibility index (Phi) is 8.77. The molecule has 1 aliphatic rings. The van der Waals surface area contributed by atoms with Gasteiger partial charge in [0, 0.05) is 16.8 Å². The Morgan fingerprint density at radius 1 is 1.24 bits per heavy atom. The van der Waals surface area contributed by atoms with Crippen LogP contribution in [0.15, 0.2) is 47.5 Å². The highest BCUT2D eigenvalue weighted by atomic mass is 127. The Morgan fingerprint density at radius 3 is 2.63 bits per heavy atom. The van der Waals surface area contributed by atoms with Crippen LogP contribution in [0.25, 0.3) is 0 Å². The van der Waals surface area contributed by atoms with Crippen molar-refractivity contribution in [3.63, 3.8) is 0 Å². The second-order valence-electron chi connectivity index (χ2n) is 10.3. The summed E-state index contributed by atoms with van der Waals surface area (Å²) in [5.74, 6) is 0.111. The lowest BCUT2D eigenvalue weighted by Crippen LogP contribution is -2.27.